The molecule has 5 nitrogen and oxygen atoms in total. The van der Waals surface area contributed by atoms with E-state index in [2.05, 4.69) is 37.5 Å². The normalized spacial score (nSPS) is 15.6. The number of rotatable bonds is 8. The van der Waals surface area contributed by atoms with Crippen molar-refractivity contribution in [1.29, 1.82) is 0 Å². The van der Waals surface area contributed by atoms with Gasteiger partial charge in [-0.1, -0.05) is 0 Å². The number of halogens is 1. The zero-order valence-electron chi connectivity index (χ0n) is 13.6. The monoisotopic (exact) mass is 419 g/mol. The van der Waals surface area contributed by atoms with Gasteiger partial charge in [0.25, 0.3) is 0 Å². The van der Waals surface area contributed by atoms with Crippen LogP contribution in [-0.2, 0) is 6.54 Å². The van der Waals surface area contributed by atoms with E-state index in [1.54, 1.807) is 0 Å². The smallest absolute Gasteiger partial charge is 0.191 e. The molecule has 0 atom stereocenters. The second-order valence-electron chi connectivity index (χ2n) is 5.60. The zero-order valence-corrected chi connectivity index (χ0v) is 16.0. The summed E-state index contributed by atoms with van der Waals surface area (Å²) in [6.07, 6.45) is 9.40. The van der Waals surface area contributed by atoms with E-state index in [0.29, 0.717) is 0 Å². The molecule has 2 N–H and O–H groups in total. The Hall–Kier alpha value is -0.760. The standard InChI is InChI=1S/C16H29N5.HI/c1-17-16(19-9-15-21-13-6-7-14-21)18-8-2-3-10-20-11-4-5-12-20;/h6-7,13-14H,2-5,8-12,15H2,1H3,(H2,17,18,19);1H. The lowest BCUT2D eigenvalue weighted by molar-refractivity contribution is 0.330. The minimum atomic E-state index is 0. The minimum Gasteiger partial charge on any atom is -0.356 e. The number of nitrogens with zero attached hydrogens (tertiary/aromatic N) is 3. The first-order chi connectivity index (χ1) is 10.4. The third kappa shape index (κ3) is 7.49. The number of hydrogen-bond acceptors (Lipinski definition) is 2. The van der Waals surface area contributed by atoms with Gasteiger partial charge >= 0.3 is 0 Å². The molecule has 2 rings (SSSR count). The lowest BCUT2D eigenvalue weighted by atomic mass is 10.3. The van der Waals surface area contributed by atoms with Crippen LogP contribution in [0, 0.1) is 0 Å². The molecule has 126 valence electrons. The van der Waals surface area contributed by atoms with Crippen LogP contribution in [-0.4, -0.2) is 55.2 Å². The van der Waals surface area contributed by atoms with Crippen molar-refractivity contribution in [1.82, 2.24) is 20.1 Å². The number of likely N-dealkylation sites (tertiary alicyclic amines) is 1. The van der Waals surface area contributed by atoms with E-state index in [1.165, 1.54) is 45.3 Å². The summed E-state index contributed by atoms with van der Waals surface area (Å²) in [5.41, 5.74) is 0. The lowest BCUT2D eigenvalue weighted by Crippen LogP contribution is -2.39. The van der Waals surface area contributed by atoms with Gasteiger partial charge in [-0.2, -0.15) is 0 Å². The summed E-state index contributed by atoms with van der Waals surface area (Å²) in [6.45, 7) is 6.70. The number of hydrogen-bond donors (Lipinski definition) is 2. The Morgan fingerprint density at radius 3 is 2.36 bits per heavy atom. The van der Waals surface area contributed by atoms with Crippen molar-refractivity contribution in [3.8, 4) is 0 Å². The van der Waals surface area contributed by atoms with E-state index in [1.807, 2.05) is 19.2 Å². The first-order valence-corrected chi connectivity index (χ1v) is 8.16. The summed E-state index contributed by atoms with van der Waals surface area (Å²) >= 11 is 0. The Morgan fingerprint density at radius 1 is 1.00 bits per heavy atom. The zero-order chi connectivity index (χ0) is 14.8. The summed E-state index contributed by atoms with van der Waals surface area (Å²) in [5.74, 6) is 0.906. The Bertz CT molecular complexity index is 399. The molecule has 0 radical (unpaired) electrons. The SMILES string of the molecule is CN=C(NCCCCN1CCCC1)NCCn1cccc1.I. The number of unbranched alkanes of at least 4 members (excludes halogenated alkanes) is 1. The van der Waals surface area contributed by atoms with Crippen molar-refractivity contribution in [3.05, 3.63) is 24.5 Å². The fraction of sp³-hybridized carbons (Fsp3) is 0.688. The molecule has 1 aliphatic heterocycles. The molecule has 1 fully saturated rings. The van der Waals surface area contributed by atoms with Crippen LogP contribution in [0.1, 0.15) is 25.7 Å². The van der Waals surface area contributed by atoms with Crippen LogP contribution in [0.3, 0.4) is 0 Å². The quantitative estimate of drug-likeness (QED) is 0.294. The van der Waals surface area contributed by atoms with Gasteiger partial charge in [-0.05, 0) is 57.5 Å². The molecule has 6 heteroatoms. The molecule has 1 aromatic rings. The minimum absolute atomic E-state index is 0. The van der Waals surface area contributed by atoms with Gasteiger partial charge in [-0.15, -0.1) is 24.0 Å². The fourth-order valence-corrected chi connectivity index (χ4v) is 2.72. The number of aromatic nitrogens is 1. The van der Waals surface area contributed by atoms with Crippen LogP contribution in [0.15, 0.2) is 29.5 Å². The van der Waals surface area contributed by atoms with Crippen LogP contribution in [0.2, 0.25) is 0 Å². The van der Waals surface area contributed by atoms with Gasteiger partial charge in [0.05, 0.1) is 0 Å². The van der Waals surface area contributed by atoms with Crippen LogP contribution < -0.4 is 10.6 Å². The highest BCUT2D eigenvalue weighted by molar-refractivity contribution is 14.0. The molecule has 0 bridgehead atoms. The highest BCUT2D eigenvalue weighted by atomic mass is 127. The van der Waals surface area contributed by atoms with Crippen LogP contribution in [0.25, 0.3) is 0 Å². The van der Waals surface area contributed by atoms with Gasteiger partial charge in [0.15, 0.2) is 5.96 Å². The molecule has 0 spiro atoms. The predicted molar refractivity (Wildman–Crippen MR) is 104 cm³/mol. The Labute approximate surface area is 151 Å². The number of nitrogens with one attached hydrogen (secondary N) is 2. The van der Waals surface area contributed by atoms with Crippen molar-refractivity contribution in [2.75, 3.05) is 39.8 Å². The fourth-order valence-electron chi connectivity index (χ4n) is 2.72. The number of aliphatic imine (C=N–C) groups is 1. The molecular formula is C16H30IN5. The second-order valence-corrected chi connectivity index (χ2v) is 5.60. The van der Waals surface area contributed by atoms with Crippen LogP contribution >= 0.6 is 24.0 Å². The first-order valence-electron chi connectivity index (χ1n) is 8.16. The maximum absolute atomic E-state index is 4.26. The Kier molecular flexibility index (Phi) is 10.3. The molecule has 1 aliphatic rings. The summed E-state index contributed by atoms with van der Waals surface area (Å²) in [4.78, 5) is 6.83. The highest BCUT2D eigenvalue weighted by Crippen LogP contribution is 2.07. The van der Waals surface area contributed by atoms with E-state index in [4.69, 9.17) is 0 Å². The van der Waals surface area contributed by atoms with E-state index < -0.39 is 0 Å². The second kappa shape index (κ2) is 11.8. The summed E-state index contributed by atoms with van der Waals surface area (Å²) in [6, 6.07) is 4.10. The molecule has 1 aromatic heterocycles. The van der Waals surface area contributed by atoms with E-state index >= 15 is 0 Å². The van der Waals surface area contributed by atoms with E-state index in [9.17, 15) is 0 Å². The van der Waals surface area contributed by atoms with E-state index in [0.717, 1.165) is 25.6 Å². The molecule has 1 saturated heterocycles. The van der Waals surface area contributed by atoms with Crippen LogP contribution in [0.5, 0.6) is 0 Å². The summed E-state index contributed by atoms with van der Waals surface area (Å²) in [5, 5.41) is 6.73. The molecule has 0 unspecified atom stereocenters. The third-order valence-electron chi connectivity index (χ3n) is 3.94. The van der Waals surface area contributed by atoms with Crippen molar-refractivity contribution in [2.45, 2.75) is 32.2 Å². The van der Waals surface area contributed by atoms with Gasteiger partial charge in [0.1, 0.15) is 0 Å². The van der Waals surface area contributed by atoms with Gasteiger partial charge in [-0.25, -0.2) is 0 Å². The largest absolute Gasteiger partial charge is 0.356 e. The summed E-state index contributed by atoms with van der Waals surface area (Å²) < 4.78 is 2.16. The predicted octanol–water partition coefficient (Wildman–Crippen LogP) is 2.15. The lowest BCUT2D eigenvalue weighted by Gasteiger charge is -2.15. The van der Waals surface area contributed by atoms with Gasteiger partial charge < -0.3 is 20.1 Å². The number of guanidine groups is 1. The highest BCUT2D eigenvalue weighted by Gasteiger charge is 2.09. The average Bonchev–Trinajstić information content (AvgIpc) is 3.18. The van der Waals surface area contributed by atoms with Gasteiger partial charge in [0.2, 0.25) is 0 Å². The molecule has 0 aromatic carbocycles. The van der Waals surface area contributed by atoms with Crippen molar-refractivity contribution < 1.29 is 0 Å². The average molecular weight is 419 g/mol. The van der Waals surface area contributed by atoms with Crippen molar-refractivity contribution in [2.24, 2.45) is 4.99 Å². The maximum atomic E-state index is 4.26. The first kappa shape index (κ1) is 19.3. The Balaban J connectivity index is 0.00000242. The topological polar surface area (TPSA) is 44.6 Å². The Morgan fingerprint density at radius 2 is 1.68 bits per heavy atom. The summed E-state index contributed by atoms with van der Waals surface area (Å²) in [7, 11) is 1.83. The molecule has 0 saturated carbocycles. The van der Waals surface area contributed by atoms with Crippen LogP contribution in [0.4, 0.5) is 0 Å². The molecule has 0 amide bonds. The van der Waals surface area contributed by atoms with Crippen molar-refractivity contribution in [3.63, 3.8) is 0 Å². The van der Waals surface area contributed by atoms with Crippen molar-refractivity contribution >= 4 is 29.9 Å². The third-order valence-corrected chi connectivity index (χ3v) is 3.94. The van der Waals surface area contributed by atoms with Gasteiger partial charge in [-0.3, -0.25) is 4.99 Å². The van der Waals surface area contributed by atoms with Gasteiger partial charge in [0, 0.05) is 39.1 Å². The molecule has 22 heavy (non-hydrogen) atoms. The maximum Gasteiger partial charge on any atom is 0.191 e. The molecular weight excluding hydrogens is 389 g/mol. The molecule has 0 aliphatic carbocycles. The molecule has 2 heterocycles. The van der Waals surface area contributed by atoms with E-state index in [-0.39, 0.29) is 24.0 Å².